The normalized spacial score (nSPS) is 10.3. The number of hydrogen-bond acceptors (Lipinski definition) is 4. The summed E-state index contributed by atoms with van der Waals surface area (Å²) in [5, 5.41) is 2.13. The second-order valence-electron chi connectivity index (χ2n) is 4.28. The number of anilines is 1. The molecule has 1 heterocycles. The number of benzene rings is 1. The molecule has 0 spiro atoms. The van der Waals surface area contributed by atoms with E-state index in [4.69, 9.17) is 22.2 Å². The van der Waals surface area contributed by atoms with Gasteiger partial charge in [0.15, 0.2) is 5.75 Å². The van der Waals surface area contributed by atoms with E-state index in [2.05, 4.69) is 4.98 Å². The van der Waals surface area contributed by atoms with Crippen molar-refractivity contribution < 1.29 is 4.74 Å². The second kappa shape index (κ2) is 5.91. The molecular formula is C14H16ClN3O. The zero-order chi connectivity index (χ0) is 13.8. The summed E-state index contributed by atoms with van der Waals surface area (Å²) < 4.78 is 5.72. The Labute approximate surface area is 117 Å². The van der Waals surface area contributed by atoms with Gasteiger partial charge in [0.2, 0.25) is 0 Å². The fraction of sp³-hybridized carbons (Fsp3) is 0.214. The highest BCUT2D eigenvalue weighted by Crippen LogP contribution is 2.26. The number of nitrogens with two attached hydrogens (primary N) is 1. The van der Waals surface area contributed by atoms with Crippen LogP contribution in [0, 0.1) is 6.92 Å². The molecule has 0 aliphatic rings. The Morgan fingerprint density at radius 2 is 2.16 bits per heavy atom. The number of aryl methyl sites for hydroxylation is 1. The number of hydrogen-bond donors (Lipinski definition) is 1. The molecule has 0 bridgehead atoms. The summed E-state index contributed by atoms with van der Waals surface area (Å²) in [6.45, 7) is 2.42. The zero-order valence-corrected chi connectivity index (χ0v) is 11.7. The van der Waals surface area contributed by atoms with Crippen LogP contribution in [0.1, 0.15) is 11.1 Å². The monoisotopic (exact) mass is 277 g/mol. The first-order valence-corrected chi connectivity index (χ1v) is 6.26. The van der Waals surface area contributed by atoms with Crippen molar-refractivity contribution in [3.63, 3.8) is 0 Å². The summed E-state index contributed by atoms with van der Waals surface area (Å²) in [4.78, 5) is 3.99. The van der Waals surface area contributed by atoms with E-state index in [-0.39, 0.29) is 0 Å². The van der Waals surface area contributed by atoms with Crippen molar-refractivity contribution in [1.29, 1.82) is 0 Å². The van der Waals surface area contributed by atoms with Crippen LogP contribution in [0.25, 0.3) is 0 Å². The summed E-state index contributed by atoms with van der Waals surface area (Å²) in [6, 6.07) is 7.65. The lowest BCUT2D eigenvalue weighted by Gasteiger charge is -2.19. The topological polar surface area (TPSA) is 51.4 Å². The highest BCUT2D eigenvalue weighted by molar-refractivity contribution is 6.31. The Morgan fingerprint density at radius 3 is 2.84 bits per heavy atom. The Bertz CT molecular complexity index is 572. The number of rotatable bonds is 4. The fourth-order valence-electron chi connectivity index (χ4n) is 1.82. The third-order valence-electron chi connectivity index (χ3n) is 2.87. The summed E-state index contributed by atoms with van der Waals surface area (Å²) >= 11 is 6.03. The molecule has 0 atom stereocenters. The number of halogens is 1. The Balaban J connectivity index is 2.22. The molecule has 0 amide bonds. The highest BCUT2D eigenvalue weighted by atomic mass is 35.5. The van der Waals surface area contributed by atoms with Crippen molar-refractivity contribution in [3.8, 4) is 5.75 Å². The van der Waals surface area contributed by atoms with Gasteiger partial charge in [0.1, 0.15) is 6.61 Å². The van der Waals surface area contributed by atoms with Gasteiger partial charge in [0.25, 0.3) is 0 Å². The predicted molar refractivity (Wildman–Crippen MR) is 77.3 cm³/mol. The van der Waals surface area contributed by atoms with E-state index >= 15 is 0 Å². The van der Waals surface area contributed by atoms with E-state index in [0.29, 0.717) is 17.4 Å². The summed E-state index contributed by atoms with van der Waals surface area (Å²) in [5.41, 5.74) is 3.09. The largest absolute Gasteiger partial charge is 0.486 e. The van der Waals surface area contributed by atoms with Gasteiger partial charge >= 0.3 is 0 Å². The van der Waals surface area contributed by atoms with Crippen LogP contribution in [-0.4, -0.2) is 12.0 Å². The van der Waals surface area contributed by atoms with Crippen molar-refractivity contribution in [2.75, 3.05) is 12.1 Å². The maximum atomic E-state index is 6.03. The number of ether oxygens (including phenoxy) is 1. The lowest BCUT2D eigenvalue weighted by atomic mass is 10.1. The molecule has 2 rings (SSSR count). The van der Waals surface area contributed by atoms with Crippen LogP contribution < -0.4 is 15.6 Å². The van der Waals surface area contributed by atoms with Gasteiger partial charge < -0.3 is 9.75 Å². The third-order valence-corrected chi connectivity index (χ3v) is 3.18. The lowest BCUT2D eigenvalue weighted by Crippen LogP contribution is -2.26. The van der Waals surface area contributed by atoms with E-state index < -0.39 is 0 Å². The second-order valence-corrected chi connectivity index (χ2v) is 4.69. The minimum atomic E-state index is 0.398. The average molecular weight is 278 g/mol. The van der Waals surface area contributed by atoms with Crippen LogP contribution in [-0.2, 0) is 6.61 Å². The number of pyridine rings is 1. The Hall–Kier alpha value is -1.78. The van der Waals surface area contributed by atoms with Gasteiger partial charge in [-0.25, -0.2) is 5.84 Å². The smallest absolute Gasteiger partial charge is 0.156 e. The Kier molecular flexibility index (Phi) is 4.24. The van der Waals surface area contributed by atoms with Crippen molar-refractivity contribution in [3.05, 3.63) is 52.8 Å². The summed E-state index contributed by atoms with van der Waals surface area (Å²) in [5.74, 6) is 6.39. The molecule has 4 nitrogen and oxygen atoms in total. The first kappa shape index (κ1) is 13.6. The van der Waals surface area contributed by atoms with Crippen molar-refractivity contribution in [2.24, 2.45) is 5.84 Å². The molecule has 0 saturated carbocycles. The molecule has 1 aromatic carbocycles. The highest BCUT2D eigenvalue weighted by Gasteiger charge is 2.09. The maximum Gasteiger partial charge on any atom is 0.156 e. The van der Waals surface area contributed by atoms with Gasteiger partial charge in [-0.3, -0.25) is 4.98 Å². The van der Waals surface area contributed by atoms with Crippen molar-refractivity contribution >= 4 is 17.3 Å². The van der Waals surface area contributed by atoms with Gasteiger partial charge in [0, 0.05) is 18.8 Å². The van der Waals surface area contributed by atoms with E-state index in [1.165, 1.54) is 0 Å². The molecule has 100 valence electrons. The summed E-state index contributed by atoms with van der Waals surface area (Å²) in [7, 11) is 1.80. The molecule has 0 radical (unpaired) electrons. The standard InChI is InChI=1S/C14H16ClN3O/c1-10-4-3-5-13(18(2)16)11(10)9-19-14-8-17-7-6-12(14)15/h3-8H,9,16H2,1-2H3. The SMILES string of the molecule is Cc1cccc(N(C)N)c1COc1cnccc1Cl. The molecule has 0 aliphatic carbocycles. The van der Waals surface area contributed by atoms with Gasteiger partial charge in [-0.1, -0.05) is 23.7 Å². The van der Waals surface area contributed by atoms with Gasteiger partial charge in [-0.05, 0) is 24.6 Å². The van der Waals surface area contributed by atoms with E-state index in [1.54, 1.807) is 30.5 Å². The van der Waals surface area contributed by atoms with E-state index in [9.17, 15) is 0 Å². The molecule has 0 fully saturated rings. The van der Waals surface area contributed by atoms with Crippen molar-refractivity contribution in [2.45, 2.75) is 13.5 Å². The molecular weight excluding hydrogens is 262 g/mol. The van der Waals surface area contributed by atoms with E-state index in [0.717, 1.165) is 16.8 Å². The molecule has 0 saturated heterocycles. The molecule has 5 heteroatoms. The minimum absolute atomic E-state index is 0.398. The first-order valence-electron chi connectivity index (χ1n) is 5.89. The van der Waals surface area contributed by atoms with Crippen LogP contribution in [0.3, 0.4) is 0 Å². The van der Waals surface area contributed by atoms with Crippen LogP contribution in [0.4, 0.5) is 5.69 Å². The fourth-order valence-corrected chi connectivity index (χ4v) is 1.98. The van der Waals surface area contributed by atoms with Crippen molar-refractivity contribution in [1.82, 2.24) is 4.98 Å². The average Bonchev–Trinajstić information content (AvgIpc) is 2.38. The minimum Gasteiger partial charge on any atom is -0.486 e. The molecule has 2 aromatic rings. The zero-order valence-electron chi connectivity index (χ0n) is 10.9. The molecule has 2 N–H and O–H groups in total. The van der Waals surface area contributed by atoms with E-state index in [1.807, 2.05) is 25.1 Å². The van der Waals surface area contributed by atoms with Crippen LogP contribution in [0.15, 0.2) is 36.7 Å². The molecule has 19 heavy (non-hydrogen) atoms. The molecule has 0 aliphatic heterocycles. The number of aromatic nitrogens is 1. The quantitative estimate of drug-likeness (QED) is 0.690. The molecule has 1 aromatic heterocycles. The lowest BCUT2D eigenvalue weighted by molar-refractivity contribution is 0.304. The van der Waals surface area contributed by atoms with Crippen LogP contribution >= 0.6 is 11.6 Å². The number of hydrazine groups is 1. The predicted octanol–water partition coefficient (Wildman–Crippen LogP) is 2.93. The number of nitrogens with zero attached hydrogens (tertiary/aromatic N) is 2. The third kappa shape index (κ3) is 3.16. The van der Waals surface area contributed by atoms with Gasteiger partial charge in [-0.2, -0.15) is 0 Å². The van der Waals surface area contributed by atoms with Gasteiger partial charge in [0.05, 0.1) is 16.9 Å². The molecule has 0 unspecified atom stereocenters. The Morgan fingerprint density at radius 1 is 1.37 bits per heavy atom. The van der Waals surface area contributed by atoms with Gasteiger partial charge in [-0.15, -0.1) is 0 Å². The van der Waals surface area contributed by atoms with Crippen LogP contribution in [0.5, 0.6) is 5.75 Å². The van der Waals surface area contributed by atoms with Crippen LogP contribution in [0.2, 0.25) is 5.02 Å². The summed E-state index contributed by atoms with van der Waals surface area (Å²) in [6.07, 6.45) is 3.23. The first-order chi connectivity index (χ1) is 9.09. The maximum absolute atomic E-state index is 6.03.